The summed E-state index contributed by atoms with van der Waals surface area (Å²) in [6.45, 7) is 0.208. The monoisotopic (exact) mass is 669 g/mol. The number of hydrogen-bond acceptors (Lipinski definition) is 16. The molecule has 272 valence electrons. The fraction of sp³-hybridized carbons (Fsp3) is 1.00. The Balaban J connectivity index is 1.62. The minimum atomic E-state index is -1.59. The Morgan fingerprint density at radius 2 is 1.09 bits per heavy atom. The summed E-state index contributed by atoms with van der Waals surface area (Å²) in [5.74, 6) is 0. The standard InChI is InChI=1S/C30H59N3O13/c1-2-3-4-5-6-7-8-9-10-11-12-30(15-36)26(40)23(39)20(33)29(46-30)45-25-17(14-35)43-28(19(32)22(25)38)44-24-16(13-34)42-27(41)18(31)21(24)37/h16-29,34-41H,2-15,31-33H2,1H3/t16-,17-,18-,19-,20-,21-,22-,23-,24?,25?,26+,27-,28+,29+,30-/m1/s1. The summed E-state index contributed by atoms with van der Waals surface area (Å²) >= 11 is 0. The normalized spacial score (nSPS) is 43.6. The van der Waals surface area contributed by atoms with Crippen LogP contribution >= 0.6 is 0 Å². The van der Waals surface area contributed by atoms with E-state index in [2.05, 4.69) is 6.92 Å². The van der Waals surface area contributed by atoms with Crippen LogP contribution in [0.4, 0.5) is 0 Å². The van der Waals surface area contributed by atoms with E-state index in [4.69, 9.17) is 40.9 Å². The van der Waals surface area contributed by atoms with Crippen LogP contribution in [0, 0.1) is 0 Å². The van der Waals surface area contributed by atoms with Crippen LogP contribution in [0.15, 0.2) is 0 Å². The molecule has 3 fully saturated rings. The van der Waals surface area contributed by atoms with Crippen LogP contribution in [0.25, 0.3) is 0 Å². The third kappa shape index (κ3) is 9.53. The molecule has 0 spiro atoms. The van der Waals surface area contributed by atoms with Crippen molar-refractivity contribution in [1.29, 1.82) is 0 Å². The molecule has 0 saturated carbocycles. The van der Waals surface area contributed by atoms with Gasteiger partial charge in [-0.2, -0.15) is 0 Å². The molecule has 15 atom stereocenters. The zero-order valence-corrected chi connectivity index (χ0v) is 26.8. The van der Waals surface area contributed by atoms with E-state index in [0.29, 0.717) is 6.42 Å². The molecular weight excluding hydrogens is 610 g/mol. The molecule has 2 unspecified atom stereocenters. The van der Waals surface area contributed by atoms with Crippen LogP contribution in [-0.4, -0.2) is 152 Å². The van der Waals surface area contributed by atoms with Crippen LogP contribution in [0.5, 0.6) is 0 Å². The summed E-state index contributed by atoms with van der Waals surface area (Å²) in [7, 11) is 0. The van der Waals surface area contributed by atoms with Crippen LogP contribution in [0.3, 0.4) is 0 Å². The van der Waals surface area contributed by atoms with Gasteiger partial charge in [-0.25, -0.2) is 0 Å². The first-order chi connectivity index (χ1) is 22.0. The summed E-state index contributed by atoms with van der Waals surface area (Å²) in [4.78, 5) is 0. The third-order valence-electron chi connectivity index (χ3n) is 9.55. The molecule has 14 N–H and O–H groups in total. The molecule has 0 aromatic rings. The molecule has 0 radical (unpaired) electrons. The van der Waals surface area contributed by atoms with Gasteiger partial charge < -0.3 is 81.7 Å². The SMILES string of the molecule is CCCCCCCCCCCC[C@]1(CO)O[C@H](OC2[C@@H](CO)O[C@@H](OC3[C@@H](CO)O[C@@H](O)[C@H](N)[C@H]3O)[C@H](N)[C@H]2O)[C@H](N)[C@@H](O)[C@@H]1O. The minimum Gasteiger partial charge on any atom is -0.394 e. The van der Waals surface area contributed by atoms with E-state index in [1.807, 2.05) is 0 Å². The van der Waals surface area contributed by atoms with Gasteiger partial charge in [0, 0.05) is 0 Å². The number of aliphatic hydroxyl groups is 8. The average Bonchev–Trinajstić information content (AvgIpc) is 3.05. The number of nitrogens with two attached hydrogens (primary N) is 3. The quantitative estimate of drug-likeness (QED) is 0.0649. The van der Waals surface area contributed by atoms with E-state index in [-0.39, 0.29) is 6.42 Å². The predicted octanol–water partition coefficient (Wildman–Crippen LogP) is -2.99. The predicted molar refractivity (Wildman–Crippen MR) is 163 cm³/mol. The molecule has 3 aliphatic heterocycles. The van der Waals surface area contributed by atoms with Crippen molar-refractivity contribution < 1.29 is 64.5 Å². The fourth-order valence-electron chi connectivity index (χ4n) is 6.47. The Hall–Kier alpha value is -0.640. The van der Waals surface area contributed by atoms with Gasteiger partial charge in [0.2, 0.25) is 0 Å². The van der Waals surface area contributed by atoms with E-state index >= 15 is 0 Å². The molecule has 0 aromatic heterocycles. The van der Waals surface area contributed by atoms with Crippen molar-refractivity contribution in [3.05, 3.63) is 0 Å². The van der Waals surface area contributed by atoms with Gasteiger partial charge in [0.15, 0.2) is 18.9 Å². The second-order valence-corrected chi connectivity index (χ2v) is 13.0. The van der Waals surface area contributed by atoms with Gasteiger partial charge in [-0.1, -0.05) is 71.1 Å². The number of rotatable bonds is 18. The second-order valence-electron chi connectivity index (χ2n) is 13.0. The molecule has 16 heteroatoms. The number of hydrogen-bond donors (Lipinski definition) is 11. The van der Waals surface area contributed by atoms with Crippen LogP contribution in [0.2, 0.25) is 0 Å². The van der Waals surface area contributed by atoms with E-state index in [9.17, 15) is 40.9 Å². The largest absolute Gasteiger partial charge is 0.394 e. The van der Waals surface area contributed by atoms with Crippen LogP contribution in [-0.2, 0) is 23.7 Å². The van der Waals surface area contributed by atoms with Gasteiger partial charge in [0.05, 0.1) is 37.9 Å². The first-order valence-corrected chi connectivity index (χ1v) is 16.8. The van der Waals surface area contributed by atoms with Crippen molar-refractivity contribution in [2.75, 3.05) is 19.8 Å². The maximum absolute atomic E-state index is 11.2. The van der Waals surface area contributed by atoms with Gasteiger partial charge >= 0.3 is 0 Å². The lowest BCUT2D eigenvalue weighted by Gasteiger charge is -2.51. The van der Waals surface area contributed by atoms with Crippen molar-refractivity contribution in [2.45, 2.75) is 169 Å². The molecule has 0 amide bonds. The minimum absolute atomic E-state index is 0.210. The lowest BCUT2D eigenvalue weighted by atomic mass is 9.82. The topological polar surface area (TPSA) is 286 Å². The Morgan fingerprint density at radius 1 is 0.609 bits per heavy atom. The molecule has 0 bridgehead atoms. The molecule has 46 heavy (non-hydrogen) atoms. The summed E-state index contributed by atoms with van der Waals surface area (Å²) in [5.41, 5.74) is 16.6. The maximum Gasteiger partial charge on any atom is 0.176 e. The Labute approximate surface area is 270 Å². The number of unbranched alkanes of at least 4 members (excludes halogenated alkanes) is 9. The summed E-state index contributed by atoms with van der Waals surface area (Å²) in [6.07, 6.45) is -4.73. The Bertz CT molecular complexity index is 863. The van der Waals surface area contributed by atoms with Crippen LogP contribution < -0.4 is 17.2 Å². The van der Waals surface area contributed by atoms with E-state index in [1.54, 1.807) is 0 Å². The van der Waals surface area contributed by atoms with Crippen molar-refractivity contribution in [3.63, 3.8) is 0 Å². The molecular formula is C30H59N3O13. The van der Waals surface area contributed by atoms with Gasteiger partial charge in [0.1, 0.15) is 54.4 Å². The van der Waals surface area contributed by atoms with Crippen molar-refractivity contribution in [1.82, 2.24) is 0 Å². The van der Waals surface area contributed by atoms with E-state index < -0.39 is 111 Å². The molecule has 3 saturated heterocycles. The van der Waals surface area contributed by atoms with Crippen molar-refractivity contribution >= 4 is 0 Å². The summed E-state index contributed by atoms with van der Waals surface area (Å²) in [5, 5.41) is 83.5. The molecule has 0 aromatic carbocycles. The fourth-order valence-corrected chi connectivity index (χ4v) is 6.47. The smallest absolute Gasteiger partial charge is 0.176 e. The molecule has 3 rings (SSSR count). The summed E-state index contributed by atoms with van der Waals surface area (Å²) in [6, 6.07) is -3.92. The van der Waals surface area contributed by atoms with Crippen molar-refractivity contribution in [3.8, 4) is 0 Å². The van der Waals surface area contributed by atoms with E-state index in [1.165, 1.54) is 32.1 Å². The van der Waals surface area contributed by atoms with Gasteiger partial charge in [0.25, 0.3) is 0 Å². The third-order valence-corrected chi connectivity index (χ3v) is 9.55. The highest BCUT2D eigenvalue weighted by Gasteiger charge is 2.55. The lowest BCUT2D eigenvalue weighted by Crippen LogP contribution is -2.71. The molecule has 3 heterocycles. The average molecular weight is 670 g/mol. The van der Waals surface area contributed by atoms with Gasteiger partial charge in [-0.05, 0) is 6.42 Å². The maximum atomic E-state index is 11.2. The Kier molecular flexibility index (Phi) is 16.4. The van der Waals surface area contributed by atoms with Gasteiger partial charge in [-0.3, -0.25) is 0 Å². The highest BCUT2D eigenvalue weighted by atomic mass is 16.7. The summed E-state index contributed by atoms with van der Waals surface area (Å²) < 4.78 is 28.8. The van der Waals surface area contributed by atoms with Crippen LogP contribution in [0.1, 0.15) is 77.6 Å². The van der Waals surface area contributed by atoms with Gasteiger partial charge in [-0.15, -0.1) is 0 Å². The first-order valence-electron chi connectivity index (χ1n) is 16.8. The lowest BCUT2D eigenvalue weighted by molar-refractivity contribution is -0.361. The molecule has 3 aliphatic rings. The molecule has 16 nitrogen and oxygen atoms in total. The Morgan fingerprint density at radius 3 is 1.63 bits per heavy atom. The van der Waals surface area contributed by atoms with E-state index in [0.717, 1.165) is 25.7 Å². The second kappa shape index (κ2) is 18.9. The zero-order chi connectivity index (χ0) is 34.0. The zero-order valence-electron chi connectivity index (χ0n) is 26.8. The highest BCUT2D eigenvalue weighted by molar-refractivity contribution is 5.03. The molecule has 0 aliphatic carbocycles. The van der Waals surface area contributed by atoms with Crippen molar-refractivity contribution in [2.24, 2.45) is 17.2 Å². The number of aliphatic hydroxyl groups excluding tert-OH is 8. The highest BCUT2D eigenvalue weighted by Crippen LogP contribution is 2.36. The number of ether oxygens (including phenoxy) is 5. The first kappa shape index (κ1) is 39.8.